The summed E-state index contributed by atoms with van der Waals surface area (Å²) in [6.07, 6.45) is 0.672. The molecule has 0 N–H and O–H groups in total. The molecule has 0 aliphatic carbocycles. The lowest BCUT2D eigenvalue weighted by Gasteiger charge is -2.03. The zero-order chi connectivity index (χ0) is 11.0. The van der Waals surface area contributed by atoms with Gasteiger partial charge in [-0.2, -0.15) is 0 Å². The Bertz CT molecular complexity index is 523. The fraction of sp³-hybridized carbons (Fsp3) is 0.364. The van der Waals surface area contributed by atoms with E-state index in [2.05, 4.69) is 10.1 Å². The second kappa shape index (κ2) is 3.46. The van der Waals surface area contributed by atoms with Crippen molar-refractivity contribution in [3.63, 3.8) is 0 Å². The minimum Gasteiger partial charge on any atom is -0.594 e. The first kappa shape index (κ1) is 9.83. The van der Waals surface area contributed by atoms with Crippen molar-refractivity contribution in [1.82, 2.24) is 10.1 Å². The molecule has 4 heteroatoms. The maximum Gasteiger partial charge on any atom is 0.270 e. The first-order valence-corrected chi connectivity index (χ1v) is 4.99. The molecule has 1 heterocycles. The van der Waals surface area contributed by atoms with E-state index in [1.165, 1.54) is 0 Å². The number of nitrogens with zero attached hydrogens (tertiary/aromatic N) is 3. The van der Waals surface area contributed by atoms with Crippen molar-refractivity contribution in [2.45, 2.75) is 27.2 Å². The third kappa shape index (κ3) is 1.63. The van der Waals surface area contributed by atoms with Gasteiger partial charge in [-0.3, -0.25) is 0 Å². The van der Waals surface area contributed by atoms with Gasteiger partial charge in [-0.05, 0) is 35.9 Å². The van der Waals surface area contributed by atoms with Gasteiger partial charge in [0.1, 0.15) is 5.52 Å². The van der Waals surface area contributed by atoms with Crippen molar-refractivity contribution in [3.05, 3.63) is 34.3 Å². The molecule has 0 bridgehead atoms. The zero-order valence-corrected chi connectivity index (χ0v) is 9.11. The van der Waals surface area contributed by atoms with E-state index in [0.717, 1.165) is 16.6 Å². The molecule has 0 aliphatic heterocycles. The van der Waals surface area contributed by atoms with Crippen molar-refractivity contribution in [2.75, 3.05) is 0 Å². The standard InChI is InChI=1S/C11H13N3O/c1-4-11-12-9-5-7(2)8(3)6-10(9)14(15)13-11/h5-6H,4H2,1-3H3. The molecule has 0 fully saturated rings. The van der Waals surface area contributed by atoms with Gasteiger partial charge < -0.3 is 5.21 Å². The molecular formula is C11H13N3O. The summed E-state index contributed by atoms with van der Waals surface area (Å²) in [7, 11) is 0. The molecule has 1 aromatic carbocycles. The summed E-state index contributed by atoms with van der Waals surface area (Å²) in [6.45, 7) is 5.92. The Kier molecular flexibility index (Phi) is 2.26. The first-order valence-electron chi connectivity index (χ1n) is 4.99. The smallest absolute Gasteiger partial charge is 0.270 e. The predicted molar refractivity (Wildman–Crippen MR) is 57.4 cm³/mol. The summed E-state index contributed by atoms with van der Waals surface area (Å²) in [6, 6.07) is 3.76. The van der Waals surface area contributed by atoms with Gasteiger partial charge in [0.2, 0.25) is 0 Å². The number of hydrogen-bond donors (Lipinski definition) is 0. The SMILES string of the molecule is CCc1nc2cc(C)c(C)cc2[n+]([O-])n1. The number of fused-ring (bicyclic) bond motifs is 1. The monoisotopic (exact) mass is 203 g/mol. The van der Waals surface area contributed by atoms with Crippen LogP contribution in [0, 0.1) is 19.1 Å². The minimum absolute atomic E-state index is 0.537. The van der Waals surface area contributed by atoms with E-state index in [0.29, 0.717) is 22.6 Å². The highest BCUT2D eigenvalue weighted by Crippen LogP contribution is 2.14. The van der Waals surface area contributed by atoms with Crippen molar-refractivity contribution >= 4 is 11.0 Å². The van der Waals surface area contributed by atoms with E-state index in [1.807, 2.05) is 32.9 Å². The second-order valence-corrected chi connectivity index (χ2v) is 3.68. The quantitative estimate of drug-likeness (QED) is 0.520. The Balaban J connectivity index is 2.80. The Labute approximate surface area is 88.2 Å². The third-order valence-corrected chi connectivity index (χ3v) is 2.57. The summed E-state index contributed by atoms with van der Waals surface area (Å²) in [5.74, 6) is 0.584. The van der Waals surface area contributed by atoms with Gasteiger partial charge in [-0.1, -0.05) is 6.92 Å². The zero-order valence-electron chi connectivity index (χ0n) is 9.11. The van der Waals surface area contributed by atoms with E-state index < -0.39 is 0 Å². The van der Waals surface area contributed by atoms with E-state index in [9.17, 15) is 5.21 Å². The number of hydrogen-bond acceptors (Lipinski definition) is 3. The third-order valence-electron chi connectivity index (χ3n) is 2.57. The van der Waals surface area contributed by atoms with Crippen molar-refractivity contribution in [2.24, 2.45) is 0 Å². The molecule has 15 heavy (non-hydrogen) atoms. The lowest BCUT2D eigenvalue weighted by molar-refractivity contribution is -0.644. The topological polar surface area (TPSA) is 52.7 Å². The van der Waals surface area contributed by atoms with Gasteiger partial charge in [0, 0.05) is 17.6 Å². The maximum atomic E-state index is 11.6. The maximum absolute atomic E-state index is 11.6. The van der Waals surface area contributed by atoms with Crippen LogP contribution >= 0.6 is 0 Å². The van der Waals surface area contributed by atoms with Crippen LogP contribution in [0.2, 0.25) is 0 Å². The molecule has 2 aromatic rings. The molecule has 78 valence electrons. The van der Waals surface area contributed by atoms with E-state index in [1.54, 1.807) is 0 Å². The molecule has 0 atom stereocenters. The Morgan fingerprint density at radius 1 is 1.27 bits per heavy atom. The summed E-state index contributed by atoms with van der Waals surface area (Å²) >= 11 is 0. The molecule has 0 saturated heterocycles. The second-order valence-electron chi connectivity index (χ2n) is 3.68. The number of benzene rings is 1. The van der Waals surface area contributed by atoms with Gasteiger partial charge in [-0.15, -0.1) is 0 Å². The van der Waals surface area contributed by atoms with Crippen LogP contribution in [-0.2, 0) is 6.42 Å². The van der Waals surface area contributed by atoms with Gasteiger partial charge in [0.25, 0.3) is 5.52 Å². The Hall–Kier alpha value is -1.71. The molecule has 0 spiro atoms. The molecule has 0 saturated carbocycles. The highest BCUT2D eigenvalue weighted by Gasteiger charge is 2.10. The highest BCUT2D eigenvalue weighted by atomic mass is 16.5. The highest BCUT2D eigenvalue weighted by molar-refractivity contribution is 5.72. The van der Waals surface area contributed by atoms with Crippen molar-refractivity contribution in [1.29, 1.82) is 0 Å². The molecule has 2 rings (SSSR count). The molecule has 0 unspecified atom stereocenters. The van der Waals surface area contributed by atoms with Crippen LogP contribution < -0.4 is 4.85 Å². The van der Waals surface area contributed by atoms with Crippen LogP contribution in [-0.4, -0.2) is 10.1 Å². The Morgan fingerprint density at radius 2 is 1.93 bits per heavy atom. The lowest BCUT2D eigenvalue weighted by atomic mass is 10.1. The summed E-state index contributed by atoms with van der Waals surface area (Å²) < 4.78 is 0. The van der Waals surface area contributed by atoms with E-state index in [-0.39, 0.29) is 0 Å². The predicted octanol–water partition coefficient (Wildman–Crippen LogP) is 1.44. The molecular weight excluding hydrogens is 190 g/mol. The summed E-state index contributed by atoms with van der Waals surface area (Å²) in [5, 5.41) is 15.4. The van der Waals surface area contributed by atoms with E-state index >= 15 is 0 Å². The number of rotatable bonds is 1. The molecule has 0 radical (unpaired) electrons. The largest absolute Gasteiger partial charge is 0.594 e. The van der Waals surface area contributed by atoms with Crippen LogP contribution in [0.4, 0.5) is 0 Å². The Morgan fingerprint density at radius 3 is 2.60 bits per heavy atom. The van der Waals surface area contributed by atoms with Crippen molar-refractivity contribution in [3.8, 4) is 0 Å². The minimum atomic E-state index is 0.537. The fourth-order valence-electron chi connectivity index (χ4n) is 1.50. The molecule has 4 nitrogen and oxygen atoms in total. The average molecular weight is 203 g/mol. The number of aryl methyl sites for hydroxylation is 3. The van der Waals surface area contributed by atoms with Crippen LogP contribution in [0.5, 0.6) is 0 Å². The van der Waals surface area contributed by atoms with Gasteiger partial charge in [-0.25, -0.2) is 4.98 Å². The summed E-state index contributed by atoms with van der Waals surface area (Å²) in [5.41, 5.74) is 3.48. The van der Waals surface area contributed by atoms with Crippen LogP contribution in [0.25, 0.3) is 11.0 Å². The molecule has 0 amide bonds. The summed E-state index contributed by atoms with van der Waals surface area (Å²) in [4.78, 5) is 4.98. The fourth-order valence-corrected chi connectivity index (χ4v) is 1.50. The van der Waals surface area contributed by atoms with Crippen LogP contribution in [0.3, 0.4) is 0 Å². The normalized spacial score (nSPS) is 10.9. The van der Waals surface area contributed by atoms with Gasteiger partial charge >= 0.3 is 0 Å². The van der Waals surface area contributed by atoms with Gasteiger partial charge in [0.15, 0.2) is 5.82 Å². The van der Waals surface area contributed by atoms with Crippen molar-refractivity contribution < 1.29 is 4.85 Å². The van der Waals surface area contributed by atoms with E-state index in [4.69, 9.17) is 0 Å². The molecule has 0 aliphatic rings. The lowest BCUT2D eigenvalue weighted by Crippen LogP contribution is -2.34. The molecule has 1 aromatic heterocycles. The van der Waals surface area contributed by atoms with Crippen LogP contribution in [0.1, 0.15) is 23.9 Å². The van der Waals surface area contributed by atoms with Crippen LogP contribution in [0.15, 0.2) is 12.1 Å². The van der Waals surface area contributed by atoms with Gasteiger partial charge in [0.05, 0.1) is 0 Å². The first-order chi connectivity index (χ1) is 7.11. The average Bonchev–Trinajstić information content (AvgIpc) is 2.21. The number of aromatic nitrogens is 3.